The van der Waals surface area contributed by atoms with Crippen molar-refractivity contribution in [3.05, 3.63) is 84.4 Å². The van der Waals surface area contributed by atoms with E-state index >= 15 is 0 Å². The van der Waals surface area contributed by atoms with E-state index in [1.165, 1.54) is 0 Å². The van der Waals surface area contributed by atoms with E-state index in [0.717, 1.165) is 45.8 Å². The first kappa shape index (κ1) is 23.7. The van der Waals surface area contributed by atoms with Gasteiger partial charge in [-0.15, -0.1) is 9.13 Å². The Morgan fingerprint density at radius 2 is 1.00 bits per heavy atom. The SMILES string of the molecule is Cc1c2ccccc2cc[n+]1C=O.Cc1c2ccccc2cc[n+]1C=O.O=S(=O)([O-])[O-]. The largest absolute Gasteiger partial charge is 0.759 e. The van der Waals surface area contributed by atoms with Crippen molar-refractivity contribution in [3.8, 4) is 0 Å². The lowest BCUT2D eigenvalue weighted by Gasteiger charge is -2.06. The van der Waals surface area contributed by atoms with Gasteiger partial charge in [-0.25, -0.2) is 9.59 Å². The van der Waals surface area contributed by atoms with Gasteiger partial charge in [-0.2, -0.15) is 0 Å². The Bertz CT molecular complexity index is 1240. The summed E-state index contributed by atoms with van der Waals surface area (Å²) in [4.78, 5) is 21.3. The number of hydrogen-bond acceptors (Lipinski definition) is 6. The number of carbonyl (C=O) groups is 2. The normalized spacial score (nSPS) is 10.5. The van der Waals surface area contributed by atoms with E-state index in [1.807, 2.05) is 74.5 Å². The topological polar surface area (TPSA) is 122 Å². The molecule has 9 heteroatoms. The van der Waals surface area contributed by atoms with Gasteiger partial charge in [-0.05, 0) is 22.9 Å². The maximum Gasteiger partial charge on any atom is 0.380 e. The predicted octanol–water partition coefficient (Wildman–Crippen LogP) is 1.61. The summed E-state index contributed by atoms with van der Waals surface area (Å²) >= 11 is 0. The van der Waals surface area contributed by atoms with Crippen LogP contribution in [0.4, 0.5) is 0 Å². The fourth-order valence-electron chi connectivity index (χ4n) is 3.00. The highest BCUT2D eigenvalue weighted by Gasteiger charge is 2.08. The Labute approximate surface area is 179 Å². The van der Waals surface area contributed by atoms with E-state index in [0.29, 0.717) is 0 Å². The summed E-state index contributed by atoms with van der Waals surface area (Å²) in [6, 6.07) is 19.9. The van der Waals surface area contributed by atoms with E-state index in [9.17, 15) is 9.59 Å². The summed E-state index contributed by atoms with van der Waals surface area (Å²) in [6.07, 6.45) is 5.21. The van der Waals surface area contributed by atoms with Gasteiger partial charge >= 0.3 is 12.8 Å². The summed E-state index contributed by atoms with van der Waals surface area (Å²) in [5.74, 6) is 0. The summed E-state index contributed by atoms with van der Waals surface area (Å²) in [5.41, 5.74) is 1.96. The zero-order valence-electron chi connectivity index (χ0n) is 16.8. The van der Waals surface area contributed by atoms with E-state index in [4.69, 9.17) is 17.5 Å². The molecule has 0 unspecified atom stereocenters. The van der Waals surface area contributed by atoms with Gasteiger partial charge in [-0.1, -0.05) is 36.4 Å². The molecule has 160 valence electrons. The quantitative estimate of drug-likeness (QED) is 0.202. The van der Waals surface area contributed by atoms with Crippen LogP contribution in [-0.2, 0) is 20.0 Å². The molecule has 8 nitrogen and oxygen atoms in total. The summed E-state index contributed by atoms with van der Waals surface area (Å²) in [7, 11) is -5.17. The van der Waals surface area contributed by atoms with Crippen LogP contribution in [0.5, 0.6) is 0 Å². The molecule has 0 saturated heterocycles. The van der Waals surface area contributed by atoms with Gasteiger partial charge in [0.2, 0.25) is 0 Å². The van der Waals surface area contributed by atoms with Crippen LogP contribution < -0.4 is 9.13 Å². The van der Waals surface area contributed by atoms with Crippen LogP contribution in [0.1, 0.15) is 11.4 Å². The highest BCUT2D eigenvalue weighted by molar-refractivity contribution is 7.79. The average molecular weight is 440 g/mol. The zero-order valence-corrected chi connectivity index (χ0v) is 17.7. The smallest absolute Gasteiger partial charge is 0.380 e. The third-order valence-corrected chi connectivity index (χ3v) is 4.53. The molecule has 31 heavy (non-hydrogen) atoms. The molecule has 0 atom stereocenters. The minimum absolute atomic E-state index is 0.821. The van der Waals surface area contributed by atoms with Crippen LogP contribution in [0, 0.1) is 13.8 Å². The third-order valence-electron chi connectivity index (χ3n) is 4.53. The van der Waals surface area contributed by atoms with Crippen molar-refractivity contribution in [2.24, 2.45) is 0 Å². The molecule has 0 radical (unpaired) electrons. The molecular formula is C22H20N2O6S. The maximum absolute atomic E-state index is 10.6. The fourth-order valence-corrected chi connectivity index (χ4v) is 3.00. The monoisotopic (exact) mass is 440 g/mol. The molecule has 0 N–H and O–H groups in total. The molecule has 0 amide bonds. The van der Waals surface area contributed by atoms with Crippen LogP contribution in [-0.4, -0.2) is 30.3 Å². The van der Waals surface area contributed by atoms with Gasteiger partial charge in [0.25, 0.3) is 0 Å². The van der Waals surface area contributed by atoms with Gasteiger partial charge in [0.1, 0.15) is 0 Å². The molecular weight excluding hydrogens is 420 g/mol. The standard InChI is InChI=1S/2C11H10NO.H2O4S/c2*1-9-11-5-3-2-4-10(11)6-7-12(9)8-13;1-5(2,3)4/h2*2-8H,1H3;(H2,1,2,3,4)/q2*+1;/p-2. The second-order valence-electron chi connectivity index (χ2n) is 6.41. The Morgan fingerprint density at radius 3 is 1.32 bits per heavy atom. The molecule has 0 aliphatic heterocycles. The lowest BCUT2D eigenvalue weighted by atomic mass is 10.1. The molecule has 4 aromatic rings. The summed E-state index contributed by atoms with van der Waals surface area (Å²) in [5, 5.41) is 4.57. The lowest BCUT2D eigenvalue weighted by Crippen LogP contribution is -2.35. The van der Waals surface area contributed by atoms with Crippen LogP contribution in [0.25, 0.3) is 21.5 Å². The van der Waals surface area contributed by atoms with E-state index in [-0.39, 0.29) is 0 Å². The van der Waals surface area contributed by atoms with Crippen molar-refractivity contribution in [2.45, 2.75) is 13.8 Å². The Hall–Kier alpha value is -3.53. The first-order valence-electron chi connectivity index (χ1n) is 9.02. The van der Waals surface area contributed by atoms with Gasteiger partial charge in [0.05, 0.1) is 0 Å². The zero-order chi connectivity index (χ0) is 23.0. The average Bonchev–Trinajstić information content (AvgIpc) is 2.74. The van der Waals surface area contributed by atoms with Crippen LogP contribution in [0.2, 0.25) is 0 Å². The number of aryl methyl sites for hydroxylation is 2. The first-order chi connectivity index (χ1) is 14.7. The molecule has 0 aliphatic rings. The van der Waals surface area contributed by atoms with Crippen molar-refractivity contribution in [1.82, 2.24) is 0 Å². The number of pyridine rings is 2. The Balaban J connectivity index is 0.000000182. The van der Waals surface area contributed by atoms with Crippen molar-refractivity contribution in [3.63, 3.8) is 0 Å². The molecule has 0 fully saturated rings. The van der Waals surface area contributed by atoms with Crippen molar-refractivity contribution in [1.29, 1.82) is 0 Å². The second-order valence-corrected chi connectivity index (χ2v) is 7.23. The van der Waals surface area contributed by atoms with Gasteiger partial charge in [0, 0.05) is 47.2 Å². The number of benzene rings is 2. The second kappa shape index (κ2) is 10.5. The van der Waals surface area contributed by atoms with E-state index in [2.05, 4.69) is 0 Å². The van der Waals surface area contributed by atoms with E-state index < -0.39 is 10.4 Å². The highest BCUT2D eigenvalue weighted by Crippen LogP contribution is 2.14. The first-order valence-corrected chi connectivity index (χ1v) is 10.4. The number of aromatic nitrogens is 2. The van der Waals surface area contributed by atoms with E-state index in [1.54, 1.807) is 21.5 Å². The molecule has 0 saturated carbocycles. The van der Waals surface area contributed by atoms with Gasteiger partial charge in [-0.3, -0.25) is 8.42 Å². The molecule has 2 heterocycles. The highest BCUT2D eigenvalue weighted by atomic mass is 32.3. The maximum atomic E-state index is 10.6. The van der Waals surface area contributed by atoms with Gasteiger partial charge < -0.3 is 9.11 Å². The summed E-state index contributed by atoms with van der Waals surface area (Å²) < 4.78 is 37.3. The van der Waals surface area contributed by atoms with Gasteiger partial charge in [0.15, 0.2) is 23.8 Å². The third kappa shape index (κ3) is 6.75. The number of nitrogens with zero attached hydrogens (tertiary/aromatic N) is 2. The molecule has 4 rings (SSSR count). The molecule has 2 aromatic heterocycles. The molecule has 0 spiro atoms. The van der Waals surface area contributed by atoms with Crippen LogP contribution in [0.15, 0.2) is 73.1 Å². The minimum Gasteiger partial charge on any atom is -0.759 e. The summed E-state index contributed by atoms with van der Waals surface area (Å²) in [6.45, 7) is 3.88. The Kier molecular flexibility index (Phi) is 8.03. The number of carbonyl (C=O) groups excluding carboxylic acids is 2. The van der Waals surface area contributed by atoms with Crippen LogP contribution >= 0.6 is 0 Å². The minimum atomic E-state index is -5.17. The van der Waals surface area contributed by atoms with Crippen molar-refractivity contribution in [2.75, 3.05) is 0 Å². The fraction of sp³-hybridized carbons (Fsp3) is 0.0909. The number of rotatable bonds is 2. The lowest BCUT2D eigenvalue weighted by molar-refractivity contribution is -0.558. The predicted molar refractivity (Wildman–Crippen MR) is 113 cm³/mol. The molecule has 0 bridgehead atoms. The molecule has 0 aliphatic carbocycles. The molecule has 2 aromatic carbocycles. The Morgan fingerprint density at radius 1 is 0.677 bits per heavy atom. The number of hydrogen-bond donors (Lipinski definition) is 0. The number of fused-ring (bicyclic) bond motifs is 2. The van der Waals surface area contributed by atoms with Crippen molar-refractivity contribution < 1.29 is 36.2 Å². The van der Waals surface area contributed by atoms with Crippen molar-refractivity contribution >= 4 is 44.8 Å². The van der Waals surface area contributed by atoms with Crippen LogP contribution in [0.3, 0.4) is 0 Å².